The quantitative estimate of drug-likeness (QED) is 0.0321. The fourth-order valence-corrected chi connectivity index (χ4v) is 8.84. The molecule has 0 aromatic carbocycles. The molecule has 0 spiro atoms. The number of ether oxygens (including phenoxy) is 1. The Labute approximate surface area is 387 Å². The number of nitrogens with one attached hydrogen (secondary N) is 1. The van der Waals surface area contributed by atoms with Gasteiger partial charge in [0.15, 0.2) is 0 Å². The highest BCUT2D eigenvalue weighted by Gasteiger charge is 2.24. The van der Waals surface area contributed by atoms with Crippen LogP contribution < -0.4 is 5.32 Å². The average molecular weight is 876 g/mol. The van der Waals surface area contributed by atoms with Gasteiger partial charge in [-0.15, -0.1) is 0 Å². The van der Waals surface area contributed by atoms with E-state index in [4.69, 9.17) is 4.74 Å². The Morgan fingerprint density at radius 3 is 1.15 bits per heavy atom. The second kappa shape index (κ2) is 50.6. The van der Waals surface area contributed by atoms with Crippen molar-refractivity contribution < 1.29 is 24.5 Å². The van der Waals surface area contributed by atoms with Crippen molar-refractivity contribution in [3.63, 3.8) is 0 Å². The van der Waals surface area contributed by atoms with Gasteiger partial charge in [0.25, 0.3) is 0 Å². The third-order valence-corrected chi connectivity index (χ3v) is 13.1. The summed E-state index contributed by atoms with van der Waals surface area (Å²) in [5, 5.41) is 23.8. The molecule has 0 aliphatic carbocycles. The monoisotopic (exact) mass is 876 g/mol. The van der Waals surface area contributed by atoms with Gasteiger partial charge in [-0.25, -0.2) is 0 Å². The van der Waals surface area contributed by atoms with E-state index < -0.39 is 18.2 Å². The lowest BCUT2D eigenvalue weighted by Crippen LogP contribution is -2.46. The first-order valence-electron chi connectivity index (χ1n) is 27.9. The summed E-state index contributed by atoms with van der Waals surface area (Å²) in [5.41, 5.74) is 0. The van der Waals surface area contributed by atoms with Crippen LogP contribution in [0.15, 0.2) is 12.2 Å². The predicted octanol–water partition coefficient (Wildman–Crippen LogP) is 16.9. The molecule has 3 unspecified atom stereocenters. The van der Waals surface area contributed by atoms with Crippen molar-refractivity contribution in [2.75, 3.05) is 6.61 Å². The Kier molecular flexibility index (Phi) is 49.5. The zero-order valence-electron chi connectivity index (χ0n) is 42.0. The lowest BCUT2D eigenvalue weighted by Gasteiger charge is -2.24. The summed E-state index contributed by atoms with van der Waals surface area (Å²) in [7, 11) is 0. The van der Waals surface area contributed by atoms with Gasteiger partial charge < -0.3 is 20.3 Å². The molecule has 0 saturated carbocycles. The molecular weight excluding hydrogens is 767 g/mol. The van der Waals surface area contributed by atoms with Crippen molar-refractivity contribution in [1.29, 1.82) is 0 Å². The summed E-state index contributed by atoms with van der Waals surface area (Å²) in [5.74, 6) is -0.457. The van der Waals surface area contributed by atoms with Crippen LogP contribution in [0.25, 0.3) is 0 Å². The van der Waals surface area contributed by atoms with Gasteiger partial charge in [0.1, 0.15) is 6.10 Å². The Bertz CT molecular complexity index is 939. The number of esters is 1. The van der Waals surface area contributed by atoms with Crippen molar-refractivity contribution in [2.24, 2.45) is 0 Å². The molecule has 3 atom stereocenters. The summed E-state index contributed by atoms with van der Waals surface area (Å²) < 4.78 is 5.94. The number of carbonyl (C=O) groups excluding carboxylic acids is 2. The molecule has 0 rings (SSSR count). The molecule has 0 radical (unpaired) electrons. The van der Waals surface area contributed by atoms with Crippen molar-refractivity contribution in [3.8, 4) is 0 Å². The minimum atomic E-state index is -0.781. The van der Waals surface area contributed by atoms with Gasteiger partial charge in [-0.05, 0) is 51.4 Å². The van der Waals surface area contributed by atoms with Crippen LogP contribution in [0, 0.1) is 0 Å². The Morgan fingerprint density at radius 2 is 0.774 bits per heavy atom. The van der Waals surface area contributed by atoms with E-state index in [0.717, 1.165) is 44.9 Å². The van der Waals surface area contributed by atoms with Crippen LogP contribution in [0.2, 0.25) is 0 Å². The number of aliphatic hydroxyl groups is 2. The van der Waals surface area contributed by atoms with Gasteiger partial charge in [-0.2, -0.15) is 0 Å². The van der Waals surface area contributed by atoms with E-state index in [-0.39, 0.29) is 24.9 Å². The second-order valence-electron chi connectivity index (χ2n) is 19.3. The molecule has 1 amide bonds. The van der Waals surface area contributed by atoms with E-state index in [1.165, 1.54) is 218 Å². The minimum absolute atomic E-state index is 0.0841. The molecule has 6 nitrogen and oxygen atoms in total. The maximum absolute atomic E-state index is 13.2. The first kappa shape index (κ1) is 60.6. The zero-order chi connectivity index (χ0) is 45.2. The van der Waals surface area contributed by atoms with Crippen LogP contribution in [0.4, 0.5) is 0 Å². The van der Waals surface area contributed by atoms with Crippen molar-refractivity contribution >= 4 is 11.9 Å². The summed E-state index contributed by atoms with van der Waals surface area (Å²) in [4.78, 5) is 26.2. The van der Waals surface area contributed by atoms with Crippen LogP contribution in [-0.2, 0) is 14.3 Å². The Balaban J connectivity index is 4.40. The van der Waals surface area contributed by atoms with E-state index in [0.29, 0.717) is 19.3 Å². The lowest BCUT2D eigenvalue weighted by atomic mass is 10.0. The standard InChI is InChI=1S/C56H109NO5/c1-4-7-10-13-16-19-22-24-26-27-28-29-30-32-34-37-40-43-46-49-56(61)62-52(47-44-41-38-35-21-18-15-12-9-6-3)50-55(60)57-53(51-58)54(59)48-45-42-39-36-33-31-25-23-20-17-14-11-8-5-2/h24,26,52-54,58-59H,4-23,25,27-51H2,1-3H3,(H,57,60)/b26-24+. The van der Waals surface area contributed by atoms with E-state index in [1.54, 1.807) is 0 Å². The molecule has 0 aromatic rings. The highest BCUT2D eigenvalue weighted by molar-refractivity contribution is 5.77. The predicted molar refractivity (Wildman–Crippen MR) is 269 cm³/mol. The molecule has 0 bridgehead atoms. The summed E-state index contributed by atoms with van der Waals surface area (Å²) in [6.07, 6.45) is 57.1. The second-order valence-corrected chi connectivity index (χ2v) is 19.3. The SMILES string of the molecule is CCCCCCCC/C=C/CCCCCCCCCCCC(=O)OC(CCCCCCCCCCCC)CC(=O)NC(CO)C(O)CCCCCCCCCCCCCCCC. The van der Waals surface area contributed by atoms with Crippen LogP contribution in [-0.4, -0.2) is 46.9 Å². The molecular formula is C56H109NO5. The van der Waals surface area contributed by atoms with Gasteiger partial charge in [-0.1, -0.05) is 258 Å². The molecule has 62 heavy (non-hydrogen) atoms. The third kappa shape index (κ3) is 45.2. The first-order valence-corrected chi connectivity index (χ1v) is 27.9. The highest BCUT2D eigenvalue weighted by Crippen LogP contribution is 2.19. The van der Waals surface area contributed by atoms with Crippen LogP contribution in [0.5, 0.6) is 0 Å². The summed E-state index contributed by atoms with van der Waals surface area (Å²) >= 11 is 0. The number of hydrogen-bond acceptors (Lipinski definition) is 5. The summed E-state index contributed by atoms with van der Waals surface area (Å²) in [6, 6.07) is -0.695. The molecule has 368 valence electrons. The molecule has 0 aliphatic heterocycles. The lowest BCUT2D eigenvalue weighted by molar-refractivity contribution is -0.151. The Morgan fingerprint density at radius 1 is 0.452 bits per heavy atom. The van der Waals surface area contributed by atoms with Gasteiger partial charge in [0.2, 0.25) is 5.91 Å². The largest absolute Gasteiger partial charge is 0.462 e. The van der Waals surface area contributed by atoms with E-state index in [9.17, 15) is 19.8 Å². The maximum Gasteiger partial charge on any atom is 0.306 e. The van der Waals surface area contributed by atoms with E-state index in [2.05, 4.69) is 38.2 Å². The number of carbonyl (C=O) groups is 2. The number of hydrogen-bond donors (Lipinski definition) is 3. The van der Waals surface area contributed by atoms with Crippen molar-refractivity contribution in [3.05, 3.63) is 12.2 Å². The molecule has 0 fully saturated rings. The molecule has 6 heteroatoms. The van der Waals surface area contributed by atoms with Crippen molar-refractivity contribution in [1.82, 2.24) is 5.32 Å². The first-order chi connectivity index (χ1) is 30.5. The topological polar surface area (TPSA) is 95.9 Å². The third-order valence-electron chi connectivity index (χ3n) is 13.1. The molecule has 0 aliphatic rings. The fourth-order valence-electron chi connectivity index (χ4n) is 8.84. The smallest absolute Gasteiger partial charge is 0.306 e. The van der Waals surface area contributed by atoms with E-state index in [1.807, 2.05) is 0 Å². The van der Waals surface area contributed by atoms with E-state index >= 15 is 0 Å². The van der Waals surface area contributed by atoms with Crippen LogP contribution >= 0.6 is 0 Å². The normalized spacial score (nSPS) is 13.2. The fraction of sp³-hybridized carbons (Fsp3) is 0.929. The average Bonchev–Trinajstić information content (AvgIpc) is 3.26. The molecule has 0 aromatic heterocycles. The molecule has 0 heterocycles. The van der Waals surface area contributed by atoms with Crippen LogP contribution in [0.3, 0.4) is 0 Å². The van der Waals surface area contributed by atoms with Crippen LogP contribution in [0.1, 0.15) is 310 Å². The number of amides is 1. The zero-order valence-corrected chi connectivity index (χ0v) is 42.0. The number of allylic oxidation sites excluding steroid dienone is 2. The Hall–Kier alpha value is -1.40. The molecule has 0 saturated heterocycles. The highest BCUT2D eigenvalue weighted by atomic mass is 16.5. The van der Waals surface area contributed by atoms with Gasteiger partial charge in [-0.3, -0.25) is 9.59 Å². The van der Waals surface area contributed by atoms with Crippen molar-refractivity contribution in [2.45, 2.75) is 328 Å². The van der Waals surface area contributed by atoms with Gasteiger partial charge >= 0.3 is 5.97 Å². The van der Waals surface area contributed by atoms with Gasteiger partial charge in [0.05, 0.1) is 25.2 Å². The summed E-state index contributed by atoms with van der Waals surface area (Å²) in [6.45, 7) is 6.50. The number of aliphatic hydroxyl groups excluding tert-OH is 2. The maximum atomic E-state index is 13.2. The molecule has 3 N–H and O–H groups in total. The van der Waals surface area contributed by atoms with Gasteiger partial charge in [0, 0.05) is 6.42 Å². The number of unbranched alkanes of at least 4 members (excludes halogenated alkanes) is 37. The number of rotatable bonds is 51. The minimum Gasteiger partial charge on any atom is -0.462 e.